The van der Waals surface area contributed by atoms with Gasteiger partial charge in [-0.15, -0.1) is 0 Å². The number of rotatable bonds is 9. The van der Waals surface area contributed by atoms with Gasteiger partial charge < -0.3 is 30.7 Å². The molecule has 12 nitrogen and oxygen atoms in total. The van der Waals surface area contributed by atoms with E-state index in [0.29, 0.717) is 31.7 Å². The summed E-state index contributed by atoms with van der Waals surface area (Å²) in [6.07, 6.45) is -0.814. The molecule has 224 valence electrons. The van der Waals surface area contributed by atoms with Crippen molar-refractivity contribution in [2.45, 2.75) is 50.1 Å². The molecule has 41 heavy (non-hydrogen) atoms. The number of nitrogens with zero attached hydrogens (tertiary/aromatic N) is 4. The molecule has 5 rings (SSSR count). The van der Waals surface area contributed by atoms with Gasteiger partial charge in [-0.2, -0.15) is 0 Å². The van der Waals surface area contributed by atoms with E-state index in [0.717, 1.165) is 0 Å². The maximum absolute atomic E-state index is 13.7. The first-order valence-electron chi connectivity index (χ1n) is 14.1. The van der Waals surface area contributed by atoms with Crippen molar-refractivity contribution in [2.24, 2.45) is 17.1 Å². The fourth-order valence-electron chi connectivity index (χ4n) is 7.10. The first kappa shape index (κ1) is 29.4. The summed E-state index contributed by atoms with van der Waals surface area (Å²) in [4.78, 5) is 58.9. The number of hydrogen-bond donors (Lipinski definition) is 3. The number of carbonyl (C=O) groups excluding carboxylic acids is 4. The molecule has 4 N–H and O–H groups in total. The second kappa shape index (κ2) is 10.9. The maximum Gasteiger partial charge on any atom is 0.251 e. The van der Waals surface area contributed by atoms with Gasteiger partial charge in [0.05, 0.1) is 19.3 Å². The third kappa shape index (κ3) is 4.78. The van der Waals surface area contributed by atoms with Crippen LogP contribution in [0, 0.1) is 17.2 Å². The van der Waals surface area contributed by atoms with E-state index < -0.39 is 41.1 Å². The average molecular weight is 575 g/mol. The van der Waals surface area contributed by atoms with Gasteiger partial charge in [-0.1, -0.05) is 0 Å². The van der Waals surface area contributed by atoms with E-state index in [1.807, 2.05) is 0 Å². The van der Waals surface area contributed by atoms with Crippen LogP contribution in [0.2, 0.25) is 0 Å². The van der Waals surface area contributed by atoms with Gasteiger partial charge in [0.25, 0.3) is 5.91 Å². The zero-order chi connectivity index (χ0) is 29.7. The Morgan fingerprint density at radius 3 is 2.54 bits per heavy atom. The molecule has 4 fully saturated rings. The molecule has 4 aliphatic rings. The quantitative estimate of drug-likeness (QED) is 0.322. The Labute approximate surface area is 238 Å². The van der Waals surface area contributed by atoms with Crippen LogP contribution in [0.1, 0.15) is 26.2 Å². The van der Waals surface area contributed by atoms with E-state index in [-0.39, 0.29) is 56.2 Å². The number of hydrogen-bond acceptors (Lipinski definition) is 8. The number of carbonyl (C=O) groups is 4. The van der Waals surface area contributed by atoms with Crippen LogP contribution in [0.15, 0.2) is 24.3 Å². The first-order chi connectivity index (χ1) is 19.4. The molecule has 13 heteroatoms. The van der Waals surface area contributed by atoms with Crippen LogP contribution in [-0.2, 0) is 23.9 Å². The average Bonchev–Trinajstić information content (AvgIpc) is 3.21. The molecule has 0 aromatic heterocycles. The van der Waals surface area contributed by atoms with Crippen molar-refractivity contribution >= 4 is 29.3 Å². The second-order valence-electron chi connectivity index (χ2n) is 12.0. The van der Waals surface area contributed by atoms with E-state index in [1.54, 1.807) is 30.8 Å². The Balaban J connectivity index is 1.44. The minimum absolute atomic E-state index is 0.0128. The SMILES string of the molecule is C[C@@H](O)[C@@H](C(=O)N(C)C)N1CC2(CCNC(=O)C2)C1OCC1CC(=O)N(c2ccc(F)cc2)C12CN(CCN)C2=O. The third-order valence-electron chi connectivity index (χ3n) is 9.06. The van der Waals surface area contributed by atoms with E-state index in [1.165, 1.54) is 34.1 Å². The molecule has 6 atom stereocenters. The summed E-state index contributed by atoms with van der Waals surface area (Å²) in [6.45, 7) is 3.29. The number of likely N-dealkylation sites (N-methyl/N-ethyl adjacent to an activating group) is 1. The topological polar surface area (TPSA) is 149 Å². The van der Waals surface area contributed by atoms with Gasteiger partial charge in [0.2, 0.25) is 17.7 Å². The molecule has 1 aromatic carbocycles. The lowest BCUT2D eigenvalue weighted by Crippen LogP contribution is -2.77. The second-order valence-corrected chi connectivity index (χ2v) is 12.0. The molecule has 0 bridgehead atoms. The third-order valence-corrected chi connectivity index (χ3v) is 9.06. The standard InChI is InChI=1S/C28H39FN6O6/c1-17(36)23(24(39)32(2)3)34-15-27(8-10-31-21(37)13-27)26(34)41-14-18-12-22(38)35(20-6-4-19(29)5-7-20)28(18)16-33(11-9-30)25(28)40/h4-7,17-18,23,26,36H,8-16,30H2,1-3H3,(H,31,37)/t17-,18?,23+,26?,27?,28?/m1/s1. The number of nitrogens with one attached hydrogen (secondary N) is 1. The Hall–Kier alpha value is -3.13. The van der Waals surface area contributed by atoms with Gasteiger partial charge in [-0.3, -0.25) is 29.0 Å². The molecule has 1 aromatic rings. The Kier molecular flexibility index (Phi) is 7.83. The number of anilines is 1. The number of halogens is 1. The lowest BCUT2D eigenvalue weighted by molar-refractivity contribution is -0.256. The first-order valence-corrected chi connectivity index (χ1v) is 14.1. The van der Waals surface area contributed by atoms with Crippen LogP contribution in [0.25, 0.3) is 0 Å². The van der Waals surface area contributed by atoms with Crippen molar-refractivity contribution in [3.8, 4) is 0 Å². The Bertz CT molecular complexity index is 1210. The van der Waals surface area contributed by atoms with Crippen molar-refractivity contribution in [3.05, 3.63) is 30.1 Å². The number of likely N-dealkylation sites (tertiary alicyclic amines) is 2. The van der Waals surface area contributed by atoms with Crippen LogP contribution in [-0.4, -0.2) is 121 Å². The highest BCUT2D eigenvalue weighted by molar-refractivity contribution is 6.10. The number of amides is 4. The predicted molar refractivity (Wildman–Crippen MR) is 146 cm³/mol. The molecular formula is C28H39FN6O6. The molecule has 4 heterocycles. The van der Waals surface area contributed by atoms with Crippen molar-refractivity contribution in [3.63, 3.8) is 0 Å². The number of ether oxygens (including phenoxy) is 1. The molecule has 4 aliphatic heterocycles. The van der Waals surface area contributed by atoms with Gasteiger partial charge in [0.1, 0.15) is 23.6 Å². The lowest BCUT2D eigenvalue weighted by atomic mass is 9.69. The highest BCUT2D eigenvalue weighted by Crippen LogP contribution is 2.50. The van der Waals surface area contributed by atoms with E-state index >= 15 is 0 Å². The zero-order valence-electron chi connectivity index (χ0n) is 23.7. The highest BCUT2D eigenvalue weighted by Gasteiger charge is 2.67. The van der Waals surface area contributed by atoms with Crippen LogP contribution < -0.4 is 16.0 Å². The minimum Gasteiger partial charge on any atom is -0.391 e. The molecule has 0 saturated carbocycles. The van der Waals surface area contributed by atoms with E-state index in [2.05, 4.69) is 5.32 Å². The number of aliphatic hydroxyl groups is 1. The summed E-state index contributed by atoms with van der Waals surface area (Å²) in [6, 6.07) is 4.60. The Morgan fingerprint density at radius 2 is 1.95 bits per heavy atom. The van der Waals surface area contributed by atoms with Crippen molar-refractivity contribution < 1.29 is 33.4 Å². The van der Waals surface area contributed by atoms with E-state index in [4.69, 9.17) is 10.5 Å². The number of piperidine rings is 1. The lowest BCUT2D eigenvalue weighted by Gasteiger charge is -2.61. The zero-order valence-corrected chi connectivity index (χ0v) is 23.7. The smallest absolute Gasteiger partial charge is 0.251 e. The minimum atomic E-state index is -1.21. The highest BCUT2D eigenvalue weighted by atomic mass is 19.1. The largest absolute Gasteiger partial charge is 0.391 e. The van der Waals surface area contributed by atoms with Crippen molar-refractivity contribution in [2.75, 3.05) is 58.3 Å². The van der Waals surface area contributed by atoms with Gasteiger partial charge in [-0.25, -0.2) is 4.39 Å². The number of benzene rings is 1. The summed E-state index contributed by atoms with van der Waals surface area (Å²) >= 11 is 0. The fourth-order valence-corrected chi connectivity index (χ4v) is 7.10. The molecule has 0 aliphatic carbocycles. The molecule has 4 amide bonds. The van der Waals surface area contributed by atoms with E-state index in [9.17, 15) is 28.7 Å². The van der Waals surface area contributed by atoms with Crippen LogP contribution in [0.3, 0.4) is 0 Å². The molecule has 0 radical (unpaired) electrons. The monoisotopic (exact) mass is 574 g/mol. The Morgan fingerprint density at radius 1 is 1.24 bits per heavy atom. The normalized spacial score (nSPS) is 31.2. The van der Waals surface area contributed by atoms with Crippen LogP contribution in [0.4, 0.5) is 10.1 Å². The van der Waals surface area contributed by atoms with Crippen molar-refractivity contribution in [1.82, 2.24) is 20.0 Å². The molecule has 4 saturated heterocycles. The molecule has 2 spiro atoms. The van der Waals surface area contributed by atoms with Gasteiger partial charge in [-0.05, 0) is 37.6 Å². The molecule has 4 unspecified atom stereocenters. The summed E-state index contributed by atoms with van der Waals surface area (Å²) < 4.78 is 20.2. The fraction of sp³-hybridized carbons (Fsp3) is 0.643. The van der Waals surface area contributed by atoms with Crippen LogP contribution >= 0.6 is 0 Å². The van der Waals surface area contributed by atoms with Gasteiger partial charge >= 0.3 is 0 Å². The number of β-lactam (4-membered cyclic amide) rings is 1. The predicted octanol–water partition coefficient (Wildman–Crippen LogP) is -0.889. The summed E-state index contributed by atoms with van der Waals surface area (Å²) in [5, 5.41) is 13.4. The summed E-state index contributed by atoms with van der Waals surface area (Å²) in [7, 11) is 3.23. The summed E-state index contributed by atoms with van der Waals surface area (Å²) in [5.41, 5.74) is 4.36. The summed E-state index contributed by atoms with van der Waals surface area (Å²) in [5.74, 6) is -1.90. The van der Waals surface area contributed by atoms with Crippen molar-refractivity contribution in [1.29, 1.82) is 0 Å². The molecular weight excluding hydrogens is 535 g/mol. The number of nitrogens with two attached hydrogens (primary N) is 1. The van der Waals surface area contributed by atoms with Gasteiger partial charge in [0.15, 0.2) is 0 Å². The van der Waals surface area contributed by atoms with Crippen LogP contribution in [0.5, 0.6) is 0 Å². The number of aliphatic hydroxyl groups excluding tert-OH is 1. The van der Waals surface area contributed by atoms with Gasteiger partial charge in [0, 0.05) is 70.1 Å². The maximum atomic E-state index is 13.7.